The molecule has 3 rings (SSSR count). The second-order valence-electron chi connectivity index (χ2n) is 9.99. The second-order valence-corrected chi connectivity index (χ2v) is 11.9. The molecule has 1 unspecified atom stereocenters. The number of hydrogen-bond donors (Lipinski definition) is 1. The fourth-order valence-electron chi connectivity index (χ4n) is 5.03. The van der Waals surface area contributed by atoms with Crippen molar-refractivity contribution in [1.29, 1.82) is 0 Å². The van der Waals surface area contributed by atoms with Gasteiger partial charge in [0.1, 0.15) is 6.04 Å². The van der Waals surface area contributed by atoms with Gasteiger partial charge in [0, 0.05) is 25.6 Å². The van der Waals surface area contributed by atoms with Gasteiger partial charge < -0.3 is 10.2 Å². The number of amides is 2. The smallest absolute Gasteiger partial charge is 0.243 e. The molecule has 1 N–H and O–H groups in total. The average Bonchev–Trinajstić information content (AvgIpc) is 2.88. The lowest BCUT2D eigenvalue weighted by molar-refractivity contribution is -0.141. The van der Waals surface area contributed by atoms with E-state index in [9.17, 15) is 18.0 Å². The first-order valence-electron chi connectivity index (χ1n) is 13.4. The number of carbonyl (C=O) groups is 2. The Morgan fingerprint density at radius 1 is 1.00 bits per heavy atom. The summed E-state index contributed by atoms with van der Waals surface area (Å²) in [5.41, 5.74) is 2.64. The number of carbonyl (C=O) groups excluding carboxylic acids is 2. The lowest BCUT2D eigenvalue weighted by atomic mass is 9.95. The van der Waals surface area contributed by atoms with Crippen molar-refractivity contribution in [2.45, 2.75) is 83.8 Å². The number of hydrogen-bond acceptors (Lipinski definition) is 4. The van der Waals surface area contributed by atoms with Crippen molar-refractivity contribution in [3.8, 4) is 0 Å². The van der Waals surface area contributed by atoms with Crippen LogP contribution in [0.1, 0.15) is 69.4 Å². The maximum atomic E-state index is 13.6. The van der Waals surface area contributed by atoms with E-state index in [1.54, 1.807) is 29.2 Å². The molecular weight excluding hydrogens is 486 g/mol. The van der Waals surface area contributed by atoms with E-state index in [4.69, 9.17) is 0 Å². The quantitative estimate of drug-likeness (QED) is 0.430. The molecule has 1 aliphatic carbocycles. The molecule has 2 aromatic carbocycles. The van der Waals surface area contributed by atoms with Crippen molar-refractivity contribution in [3.63, 3.8) is 0 Å². The van der Waals surface area contributed by atoms with Crippen LogP contribution in [0.2, 0.25) is 0 Å². The van der Waals surface area contributed by atoms with E-state index in [2.05, 4.69) is 5.32 Å². The zero-order valence-corrected chi connectivity index (χ0v) is 23.2. The fourth-order valence-corrected chi connectivity index (χ4v) is 6.00. The van der Waals surface area contributed by atoms with Gasteiger partial charge in [-0.2, -0.15) is 0 Å². The van der Waals surface area contributed by atoms with E-state index in [1.165, 1.54) is 17.0 Å². The van der Waals surface area contributed by atoms with Crippen LogP contribution in [-0.2, 0) is 26.2 Å². The third kappa shape index (κ3) is 8.32. The molecule has 0 saturated heterocycles. The molecule has 2 aromatic rings. The van der Waals surface area contributed by atoms with Gasteiger partial charge in [0.05, 0.1) is 11.9 Å². The van der Waals surface area contributed by atoms with Gasteiger partial charge in [0.25, 0.3) is 0 Å². The summed E-state index contributed by atoms with van der Waals surface area (Å²) in [5.74, 6) is -0.242. The Bertz CT molecular complexity index is 1130. The predicted molar refractivity (Wildman–Crippen MR) is 149 cm³/mol. The average molecular weight is 528 g/mol. The Morgan fingerprint density at radius 3 is 2.27 bits per heavy atom. The van der Waals surface area contributed by atoms with Gasteiger partial charge in [0.2, 0.25) is 21.8 Å². The minimum absolute atomic E-state index is 0.0987. The molecular formula is C29H41N3O4S. The summed E-state index contributed by atoms with van der Waals surface area (Å²) >= 11 is 0. The highest BCUT2D eigenvalue weighted by Crippen LogP contribution is 2.21. The van der Waals surface area contributed by atoms with Crippen LogP contribution in [0.15, 0.2) is 54.6 Å². The summed E-state index contributed by atoms with van der Waals surface area (Å²) < 4.78 is 26.2. The van der Waals surface area contributed by atoms with Gasteiger partial charge >= 0.3 is 0 Å². The van der Waals surface area contributed by atoms with Crippen LogP contribution in [-0.4, -0.2) is 50.0 Å². The Labute approximate surface area is 222 Å². The first-order chi connectivity index (χ1) is 17.7. The summed E-state index contributed by atoms with van der Waals surface area (Å²) in [6.45, 7) is 4.48. The third-order valence-corrected chi connectivity index (χ3v) is 8.33. The Kier molecular flexibility index (Phi) is 10.6. The van der Waals surface area contributed by atoms with E-state index in [0.717, 1.165) is 36.8 Å². The van der Waals surface area contributed by atoms with Crippen molar-refractivity contribution in [2.24, 2.45) is 0 Å². The summed E-state index contributed by atoms with van der Waals surface area (Å²) in [4.78, 5) is 28.7. The molecule has 1 aliphatic rings. The second kappa shape index (κ2) is 13.6. The standard InChI is InChI=1S/C29H41N3O4S/c1-4-27(29(34)30-25-16-7-5-8-17-25)31(22-24-15-12-11-14-23(24)2)28(33)20-13-21-32(37(3,35)36)26-18-9-6-10-19-26/h6,9-12,14-15,18-19,25,27H,4-5,7-8,13,16-17,20-22H2,1-3H3,(H,30,34). The van der Waals surface area contributed by atoms with Crippen molar-refractivity contribution >= 4 is 27.5 Å². The number of anilines is 1. The molecule has 37 heavy (non-hydrogen) atoms. The lowest BCUT2D eigenvalue weighted by Gasteiger charge is -2.33. The maximum Gasteiger partial charge on any atom is 0.243 e. The highest BCUT2D eigenvalue weighted by Gasteiger charge is 2.30. The lowest BCUT2D eigenvalue weighted by Crippen LogP contribution is -2.51. The van der Waals surface area contributed by atoms with Crippen molar-refractivity contribution < 1.29 is 18.0 Å². The molecule has 7 nitrogen and oxygen atoms in total. The highest BCUT2D eigenvalue weighted by atomic mass is 32.2. The Balaban J connectivity index is 1.75. The molecule has 8 heteroatoms. The normalized spacial score (nSPS) is 15.1. The van der Waals surface area contributed by atoms with Gasteiger partial charge in [-0.05, 0) is 55.9 Å². The summed E-state index contributed by atoms with van der Waals surface area (Å²) in [6.07, 6.45) is 7.59. The topological polar surface area (TPSA) is 86.8 Å². The third-order valence-electron chi connectivity index (χ3n) is 7.14. The van der Waals surface area contributed by atoms with Crippen molar-refractivity contribution in [2.75, 3.05) is 17.1 Å². The molecule has 202 valence electrons. The number of sulfonamides is 1. The first kappa shape index (κ1) is 28.7. The minimum Gasteiger partial charge on any atom is -0.352 e. The molecule has 0 bridgehead atoms. The SMILES string of the molecule is CCC(C(=O)NC1CCCCC1)N(Cc1ccccc1C)C(=O)CCCN(c1ccccc1)S(C)(=O)=O. The van der Waals surface area contributed by atoms with Crippen LogP contribution in [0.3, 0.4) is 0 Å². The molecule has 0 radical (unpaired) electrons. The molecule has 1 fully saturated rings. The van der Waals surface area contributed by atoms with Crippen molar-refractivity contribution in [1.82, 2.24) is 10.2 Å². The zero-order valence-electron chi connectivity index (χ0n) is 22.4. The first-order valence-corrected chi connectivity index (χ1v) is 15.2. The van der Waals surface area contributed by atoms with Gasteiger partial charge in [-0.1, -0.05) is 68.7 Å². The molecule has 1 saturated carbocycles. The Morgan fingerprint density at radius 2 is 1.65 bits per heavy atom. The highest BCUT2D eigenvalue weighted by molar-refractivity contribution is 7.92. The van der Waals surface area contributed by atoms with E-state index >= 15 is 0 Å². The molecule has 0 spiro atoms. The van der Waals surface area contributed by atoms with E-state index in [0.29, 0.717) is 25.1 Å². The molecule has 2 amide bonds. The van der Waals surface area contributed by atoms with Gasteiger partial charge in [-0.15, -0.1) is 0 Å². The zero-order chi connectivity index (χ0) is 26.8. The fraction of sp³-hybridized carbons (Fsp3) is 0.517. The van der Waals surface area contributed by atoms with Crippen LogP contribution in [0.4, 0.5) is 5.69 Å². The van der Waals surface area contributed by atoms with Crippen LogP contribution >= 0.6 is 0 Å². The number of aryl methyl sites for hydroxylation is 1. The van der Waals surface area contributed by atoms with Gasteiger partial charge in [-0.3, -0.25) is 13.9 Å². The summed E-state index contributed by atoms with van der Waals surface area (Å²) in [7, 11) is -3.50. The number of para-hydroxylation sites is 1. The number of benzene rings is 2. The predicted octanol–water partition coefficient (Wildman–Crippen LogP) is 4.80. The number of nitrogens with zero attached hydrogens (tertiary/aromatic N) is 2. The molecule has 1 atom stereocenters. The Hall–Kier alpha value is -2.87. The van der Waals surface area contributed by atoms with Crippen LogP contribution in [0, 0.1) is 6.92 Å². The van der Waals surface area contributed by atoms with Crippen LogP contribution < -0.4 is 9.62 Å². The summed E-state index contributed by atoms with van der Waals surface area (Å²) in [5, 5.41) is 3.20. The van der Waals surface area contributed by atoms with Gasteiger partial charge in [0.15, 0.2) is 0 Å². The number of nitrogens with one attached hydrogen (secondary N) is 1. The van der Waals surface area contributed by atoms with Crippen molar-refractivity contribution in [3.05, 3.63) is 65.7 Å². The van der Waals surface area contributed by atoms with Crippen LogP contribution in [0.5, 0.6) is 0 Å². The maximum absolute atomic E-state index is 13.6. The molecule has 0 aliphatic heterocycles. The number of rotatable bonds is 12. The van der Waals surface area contributed by atoms with Crippen LogP contribution in [0.25, 0.3) is 0 Å². The monoisotopic (exact) mass is 527 g/mol. The van der Waals surface area contributed by atoms with E-state index in [-0.39, 0.29) is 30.8 Å². The van der Waals surface area contributed by atoms with E-state index in [1.807, 2.05) is 44.2 Å². The molecule has 0 heterocycles. The van der Waals surface area contributed by atoms with E-state index < -0.39 is 16.1 Å². The molecule has 0 aromatic heterocycles. The summed E-state index contributed by atoms with van der Waals surface area (Å²) in [6, 6.07) is 16.4. The largest absolute Gasteiger partial charge is 0.352 e. The minimum atomic E-state index is -3.50. The van der Waals surface area contributed by atoms with Gasteiger partial charge in [-0.25, -0.2) is 8.42 Å².